The van der Waals surface area contributed by atoms with Gasteiger partial charge in [-0.25, -0.2) is 0 Å². The summed E-state index contributed by atoms with van der Waals surface area (Å²) in [5.41, 5.74) is 0.825. The number of rotatable bonds is 3. The molecule has 0 spiro atoms. The first kappa shape index (κ1) is 12.7. The standard InChI is InChI=1S/C13H17ClO3/c1-16-12-5-4-9(7-11(12)14)13(15)10-3-2-6-17-8-10/h4-5,7,10,13,15H,2-3,6,8H2,1H3. The number of aliphatic hydroxyl groups is 1. The van der Waals surface area contributed by atoms with E-state index in [0.717, 1.165) is 25.0 Å². The maximum atomic E-state index is 10.3. The van der Waals surface area contributed by atoms with Gasteiger partial charge in [-0.2, -0.15) is 0 Å². The van der Waals surface area contributed by atoms with Gasteiger partial charge in [0.1, 0.15) is 5.75 Å². The van der Waals surface area contributed by atoms with E-state index in [4.69, 9.17) is 21.1 Å². The summed E-state index contributed by atoms with van der Waals surface area (Å²) in [6.07, 6.45) is 1.48. The molecule has 1 fully saturated rings. The van der Waals surface area contributed by atoms with Crippen molar-refractivity contribution in [2.75, 3.05) is 20.3 Å². The fourth-order valence-electron chi connectivity index (χ4n) is 2.15. The number of hydrogen-bond acceptors (Lipinski definition) is 3. The highest BCUT2D eigenvalue weighted by atomic mass is 35.5. The Morgan fingerprint density at radius 2 is 2.35 bits per heavy atom. The highest BCUT2D eigenvalue weighted by Crippen LogP contribution is 2.33. The van der Waals surface area contributed by atoms with Gasteiger partial charge >= 0.3 is 0 Å². The summed E-state index contributed by atoms with van der Waals surface area (Å²) in [5.74, 6) is 0.788. The summed E-state index contributed by atoms with van der Waals surface area (Å²) in [4.78, 5) is 0. The molecule has 1 heterocycles. The Morgan fingerprint density at radius 3 is 2.94 bits per heavy atom. The first-order chi connectivity index (χ1) is 8.22. The van der Waals surface area contributed by atoms with Gasteiger partial charge < -0.3 is 14.6 Å². The molecule has 17 heavy (non-hydrogen) atoms. The number of hydrogen-bond donors (Lipinski definition) is 1. The third kappa shape index (κ3) is 2.92. The molecule has 0 saturated carbocycles. The van der Waals surface area contributed by atoms with Crippen molar-refractivity contribution in [3.05, 3.63) is 28.8 Å². The molecule has 94 valence electrons. The molecule has 1 N–H and O–H groups in total. The first-order valence-electron chi connectivity index (χ1n) is 5.81. The van der Waals surface area contributed by atoms with Crippen LogP contribution >= 0.6 is 11.6 Å². The van der Waals surface area contributed by atoms with E-state index < -0.39 is 6.10 Å². The Bertz CT molecular complexity index is 375. The van der Waals surface area contributed by atoms with E-state index >= 15 is 0 Å². The Labute approximate surface area is 106 Å². The fourth-order valence-corrected chi connectivity index (χ4v) is 2.42. The van der Waals surface area contributed by atoms with Crippen LogP contribution in [0.25, 0.3) is 0 Å². The van der Waals surface area contributed by atoms with Gasteiger partial charge in [-0.3, -0.25) is 0 Å². The minimum Gasteiger partial charge on any atom is -0.495 e. The second kappa shape index (κ2) is 5.71. The zero-order valence-corrected chi connectivity index (χ0v) is 10.6. The molecule has 0 aromatic heterocycles. The largest absolute Gasteiger partial charge is 0.495 e. The SMILES string of the molecule is COc1ccc(C(O)C2CCCOC2)cc1Cl. The molecular weight excluding hydrogens is 240 g/mol. The predicted molar refractivity (Wildman–Crippen MR) is 66.5 cm³/mol. The van der Waals surface area contributed by atoms with Crippen molar-refractivity contribution in [1.82, 2.24) is 0 Å². The van der Waals surface area contributed by atoms with Gasteiger partial charge in [0.2, 0.25) is 0 Å². The molecule has 1 aliphatic rings. The Kier molecular flexibility index (Phi) is 4.26. The Balaban J connectivity index is 2.12. The minimum atomic E-state index is -0.515. The van der Waals surface area contributed by atoms with Gasteiger partial charge in [0.25, 0.3) is 0 Å². The number of methoxy groups -OCH3 is 1. The van der Waals surface area contributed by atoms with Gasteiger partial charge in [0.15, 0.2) is 0 Å². The highest BCUT2D eigenvalue weighted by Gasteiger charge is 2.24. The lowest BCUT2D eigenvalue weighted by molar-refractivity contribution is -0.00997. The molecule has 0 amide bonds. The van der Waals surface area contributed by atoms with Gasteiger partial charge in [0.05, 0.1) is 24.8 Å². The van der Waals surface area contributed by atoms with Crippen LogP contribution in [0.15, 0.2) is 18.2 Å². The lowest BCUT2D eigenvalue weighted by Crippen LogP contribution is -2.23. The third-order valence-electron chi connectivity index (χ3n) is 3.16. The maximum Gasteiger partial charge on any atom is 0.137 e. The summed E-state index contributed by atoms with van der Waals surface area (Å²) < 4.78 is 10.5. The van der Waals surface area contributed by atoms with E-state index in [1.807, 2.05) is 6.07 Å². The van der Waals surface area contributed by atoms with E-state index in [0.29, 0.717) is 17.4 Å². The molecule has 1 aliphatic heterocycles. The van der Waals surface area contributed by atoms with Gasteiger partial charge in [-0.05, 0) is 30.5 Å². The molecular formula is C13H17ClO3. The average Bonchev–Trinajstić information content (AvgIpc) is 2.39. The maximum absolute atomic E-state index is 10.3. The summed E-state index contributed by atoms with van der Waals surface area (Å²) in [5, 5.41) is 10.8. The molecule has 0 aliphatic carbocycles. The number of ether oxygens (including phenoxy) is 2. The van der Waals surface area contributed by atoms with E-state index in [1.54, 1.807) is 19.2 Å². The van der Waals surface area contributed by atoms with Crippen LogP contribution in [0, 0.1) is 5.92 Å². The Hall–Kier alpha value is -0.770. The van der Waals surface area contributed by atoms with Crippen LogP contribution in [0.3, 0.4) is 0 Å². The zero-order chi connectivity index (χ0) is 12.3. The normalized spacial score (nSPS) is 22.2. The van der Waals surface area contributed by atoms with Crippen molar-refractivity contribution in [3.63, 3.8) is 0 Å². The van der Waals surface area contributed by atoms with Crippen LogP contribution in [0.4, 0.5) is 0 Å². The topological polar surface area (TPSA) is 38.7 Å². The van der Waals surface area contributed by atoms with E-state index in [9.17, 15) is 5.11 Å². The van der Waals surface area contributed by atoms with Crippen LogP contribution in [0.5, 0.6) is 5.75 Å². The smallest absolute Gasteiger partial charge is 0.137 e. The van der Waals surface area contributed by atoms with Gasteiger partial charge in [-0.1, -0.05) is 17.7 Å². The molecule has 2 atom stereocenters. The third-order valence-corrected chi connectivity index (χ3v) is 3.45. The minimum absolute atomic E-state index is 0.160. The average molecular weight is 257 g/mol. The highest BCUT2D eigenvalue weighted by molar-refractivity contribution is 6.32. The molecule has 1 aromatic rings. The summed E-state index contributed by atoms with van der Waals surface area (Å²) in [6, 6.07) is 5.40. The van der Waals surface area contributed by atoms with E-state index in [2.05, 4.69) is 0 Å². The molecule has 4 heteroatoms. The van der Waals surface area contributed by atoms with Crippen LogP contribution in [0.1, 0.15) is 24.5 Å². The molecule has 0 radical (unpaired) electrons. The summed E-state index contributed by atoms with van der Waals surface area (Å²) >= 11 is 6.05. The molecule has 0 bridgehead atoms. The van der Waals surface area contributed by atoms with Crippen molar-refractivity contribution in [2.24, 2.45) is 5.92 Å². The number of halogens is 1. The Morgan fingerprint density at radius 1 is 1.53 bits per heavy atom. The molecule has 3 nitrogen and oxygen atoms in total. The van der Waals surface area contributed by atoms with Crippen molar-refractivity contribution >= 4 is 11.6 Å². The van der Waals surface area contributed by atoms with Crippen molar-refractivity contribution in [3.8, 4) is 5.75 Å². The van der Waals surface area contributed by atoms with Crippen LogP contribution in [-0.2, 0) is 4.74 Å². The molecule has 1 saturated heterocycles. The van der Waals surface area contributed by atoms with E-state index in [-0.39, 0.29) is 5.92 Å². The zero-order valence-electron chi connectivity index (χ0n) is 9.86. The molecule has 2 rings (SSSR count). The number of benzene rings is 1. The van der Waals surface area contributed by atoms with E-state index in [1.165, 1.54) is 0 Å². The first-order valence-corrected chi connectivity index (χ1v) is 6.19. The lowest BCUT2D eigenvalue weighted by Gasteiger charge is -2.27. The summed E-state index contributed by atoms with van der Waals surface area (Å²) in [6.45, 7) is 1.41. The monoisotopic (exact) mass is 256 g/mol. The second-order valence-corrected chi connectivity index (χ2v) is 4.72. The fraction of sp³-hybridized carbons (Fsp3) is 0.538. The summed E-state index contributed by atoms with van der Waals surface area (Å²) in [7, 11) is 1.58. The lowest BCUT2D eigenvalue weighted by atomic mass is 9.91. The molecule has 2 unspecified atom stereocenters. The van der Waals surface area contributed by atoms with Crippen LogP contribution in [-0.4, -0.2) is 25.4 Å². The van der Waals surface area contributed by atoms with Gasteiger partial charge in [0, 0.05) is 12.5 Å². The molecule has 1 aromatic carbocycles. The quantitative estimate of drug-likeness (QED) is 0.904. The van der Waals surface area contributed by atoms with Crippen LogP contribution < -0.4 is 4.74 Å². The van der Waals surface area contributed by atoms with Crippen LogP contribution in [0.2, 0.25) is 5.02 Å². The number of aliphatic hydroxyl groups excluding tert-OH is 1. The predicted octanol–water partition coefficient (Wildman–Crippen LogP) is 2.81. The van der Waals surface area contributed by atoms with Crippen molar-refractivity contribution in [1.29, 1.82) is 0 Å². The van der Waals surface area contributed by atoms with Crippen molar-refractivity contribution in [2.45, 2.75) is 18.9 Å². The van der Waals surface area contributed by atoms with Gasteiger partial charge in [-0.15, -0.1) is 0 Å². The second-order valence-electron chi connectivity index (χ2n) is 4.32. The van der Waals surface area contributed by atoms with Crippen molar-refractivity contribution < 1.29 is 14.6 Å².